The van der Waals surface area contributed by atoms with E-state index >= 15 is 0 Å². The molecule has 4 rings (SSSR count). The van der Waals surface area contributed by atoms with Crippen LogP contribution < -0.4 is 4.90 Å². The van der Waals surface area contributed by atoms with E-state index in [0.29, 0.717) is 44.2 Å². The van der Waals surface area contributed by atoms with Crippen molar-refractivity contribution in [3.05, 3.63) is 47.7 Å². The highest BCUT2D eigenvalue weighted by Crippen LogP contribution is 2.34. The zero-order chi connectivity index (χ0) is 26.6. The minimum Gasteiger partial charge on any atom is -0.462 e. The second-order valence-electron chi connectivity index (χ2n) is 10.3. The summed E-state index contributed by atoms with van der Waals surface area (Å²) in [4.78, 5) is 28.8. The van der Waals surface area contributed by atoms with Crippen molar-refractivity contribution in [1.82, 2.24) is 14.1 Å². The lowest BCUT2D eigenvalue weighted by Gasteiger charge is -2.39. The van der Waals surface area contributed by atoms with Gasteiger partial charge in [0.1, 0.15) is 5.56 Å². The number of hydrogen-bond acceptors (Lipinski definition) is 6. The Kier molecular flexibility index (Phi) is 8.69. The van der Waals surface area contributed by atoms with Crippen molar-refractivity contribution >= 4 is 27.7 Å². The number of piperidine rings is 1. The van der Waals surface area contributed by atoms with Crippen molar-refractivity contribution in [1.29, 1.82) is 0 Å². The van der Waals surface area contributed by atoms with Crippen LogP contribution in [0, 0.1) is 11.8 Å². The molecule has 1 aromatic heterocycles. The smallest absolute Gasteiger partial charge is 0.343 e. The molecule has 37 heavy (non-hydrogen) atoms. The maximum absolute atomic E-state index is 14.1. The van der Waals surface area contributed by atoms with Gasteiger partial charge in [-0.05, 0) is 56.9 Å². The third-order valence-electron chi connectivity index (χ3n) is 7.51. The molecule has 2 aliphatic rings. The number of amides is 1. The van der Waals surface area contributed by atoms with Gasteiger partial charge in [0.15, 0.2) is 5.82 Å². The minimum absolute atomic E-state index is 0.0276. The highest BCUT2D eigenvalue weighted by atomic mass is 32.2. The highest BCUT2D eigenvalue weighted by molar-refractivity contribution is 7.88. The van der Waals surface area contributed by atoms with E-state index in [2.05, 4.69) is 6.92 Å². The van der Waals surface area contributed by atoms with E-state index in [1.165, 1.54) is 10.6 Å². The van der Waals surface area contributed by atoms with E-state index in [-0.39, 0.29) is 30.0 Å². The van der Waals surface area contributed by atoms with Crippen LogP contribution in [0.2, 0.25) is 0 Å². The number of carbonyl (C=O) groups excluding carboxylic acids is 2. The quantitative estimate of drug-likeness (QED) is 0.483. The topological polar surface area (TPSA) is 102 Å². The predicted molar refractivity (Wildman–Crippen MR) is 142 cm³/mol. The number of ether oxygens (including phenoxy) is 1. The molecule has 0 unspecified atom stereocenters. The lowest BCUT2D eigenvalue weighted by atomic mass is 9.82. The number of carbonyl (C=O) groups is 2. The summed E-state index contributed by atoms with van der Waals surface area (Å²) >= 11 is 0. The normalized spacial score (nSPS) is 21.5. The van der Waals surface area contributed by atoms with Gasteiger partial charge < -0.3 is 4.74 Å². The Bertz CT molecular complexity index is 1180. The highest BCUT2D eigenvalue weighted by Gasteiger charge is 2.39. The second-order valence-corrected chi connectivity index (χ2v) is 12.3. The molecule has 1 aromatic carbocycles. The van der Waals surface area contributed by atoms with E-state index in [4.69, 9.17) is 9.84 Å². The fourth-order valence-corrected chi connectivity index (χ4v) is 6.26. The van der Waals surface area contributed by atoms with E-state index < -0.39 is 16.0 Å². The molecule has 2 aromatic rings. The SMILES string of the molecule is CCOC(=O)c1cn(Cc2ccccc2)nc1N(C(=O)C1CCC(C)CC1)C1CCN(S(C)(=O)=O)CC1. The maximum Gasteiger partial charge on any atom is 0.343 e. The average Bonchev–Trinajstić information content (AvgIpc) is 3.28. The average molecular weight is 531 g/mol. The van der Waals surface area contributed by atoms with Crippen molar-refractivity contribution in [3.63, 3.8) is 0 Å². The zero-order valence-corrected chi connectivity index (χ0v) is 22.8. The molecule has 2 heterocycles. The Labute approximate surface area is 219 Å². The van der Waals surface area contributed by atoms with Crippen LogP contribution in [-0.4, -0.2) is 66.4 Å². The summed E-state index contributed by atoms with van der Waals surface area (Å²) in [6.45, 7) is 5.28. The van der Waals surface area contributed by atoms with Crippen LogP contribution in [-0.2, 0) is 26.1 Å². The first-order valence-corrected chi connectivity index (χ1v) is 15.1. The number of sulfonamides is 1. The zero-order valence-electron chi connectivity index (χ0n) is 22.0. The van der Waals surface area contributed by atoms with Gasteiger partial charge in [-0.1, -0.05) is 37.3 Å². The molecule has 0 radical (unpaired) electrons. The number of hydrogen-bond donors (Lipinski definition) is 0. The van der Waals surface area contributed by atoms with Gasteiger partial charge in [-0.3, -0.25) is 14.4 Å². The number of anilines is 1. The third-order valence-corrected chi connectivity index (χ3v) is 8.82. The van der Waals surface area contributed by atoms with Crippen molar-refractivity contribution in [2.75, 3.05) is 30.9 Å². The largest absolute Gasteiger partial charge is 0.462 e. The van der Waals surface area contributed by atoms with Crippen LogP contribution in [0.4, 0.5) is 5.82 Å². The Morgan fingerprint density at radius 2 is 1.70 bits per heavy atom. The molecule has 202 valence electrons. The molecule has 10 heteroatoms. The first-order valence-electron chi connectivity index (χ1n) is 13.2. The van der Waals surface area contributed by atoms with E-state index in [9.17, 15) is 18.0 Å². The van der Waals surface area contributed by atoms with Gasteiger partial charge in [0, 0.05) is 31.2 Å². The number of esters is 1. The fourth-order valence-electron chi connectivity index (χ4n) is 5.39. The van der Waals surface area contributed by atoms with Crippen LogP contribution >= 0.6 is 0 Å². The maximum atomic E-state index is 14.1. The van der Waals surface area contributed by atoms with Crippen molar-refractivity contribution in [3.8, 4) is 0 Å². The second kappa shape index (κ2) is 11.8. The number of rotatable bonds is 8. The summed E-state index contributed by atoms with van der Waals surface area (Å²) in [5, 5.41) is 4.77. The third kappa shape index (κ3) is 6.59. The van der Waals surface area contributed by atoms with Gasteiger partial charge >= 0.3 is 5.97 Å². The first-order chi connectivity index (χ1) is 17.7. The summed E-state index contributed by atoms with van der Waals surface area (Å²) in [7, 11) is -3.31. The lowest BCUT2D eigenvalue weighted by molar-refractivity contribution is -0.124. The molecule has 1 aliphatic carbocycles. The molecule has 9 nitrogen and oxygen atoms in total. The molecular weight excluding hydrogens is 492 g/mol. The fraction of sp³-hybridized carbons (Fsp3) is 0.593. The Morgan fingerprint density at radius 3 is 2.30 bits per heavy atom. The Morgan fingerprint density at radius 1 is 1.05 bits per heavy atom. The van der Waals surface area contributed by atoms with Crippen LogP contribution in [0.3, 0.4) is 0 Å². The van der Waals surface area contributed by atoms with E-state index in [0.717, 1.165) is 31.2 Å². The predicted octanol–water partition coefficient (Wildman–Crippen LogP) is 3.69. The summed E-state index contributed by atoms with van der Waals surface area (Å²) in [6, 6.07) is 9.55. The van der Waals surface area contributed by atoms with Gasteiger partial charge in [-0.25, -0.2) is 17.5 Å². The van der Waals surface area contributed by atoms with Crippen LogP contribution in [0.1, 0.15) is 68.3 Å². The summed E-state index contributed by atoms with van der Waals surface area (Å²) < 4.78 is 32.7. The number of nitrogens with zero attached hydrogens (tertiary/aromatic N) is 4. The van der Waals surface area contributed by atoms with Gasteiger partial charge in [-0.15, -0.1) is 0 Å². The summed E-state index contributed by atoms with van der Waals surface area (Å²) in [5.74, 6) is 0.227. The molecule has 2 fully saturated rings. The number of benzene rings is 1. The molecule has 0 N–H and O–H groups in total. The molecule has 1 saturated carbocycles. The van der Waals surface area contributed by atoms with Crippen molar-refractivity contribution in [2.24, 2.45) is 11.8 Å². The molecule has 1 saturated heterocycles. The van der Waals surface area contributed by atoms with Crippen molar-refractivity contribution < 1.29 is 22.7 Å². The van der Waals surface area contributed by atoms with Gasteiger partial charge in [0.05, 0.1) is 19.4 Å². The molecule has 1 amide bonds. The van der Waals surface area contributed by atoms with Crippen LogP contribution in [0.5, 0.6) is 0 Å². The van der Waals surface area contributed by atoms with Gasteiger partial charge in [0.2, 0.25) is 15.9 Å². The van der Waals surface area contributed by atoms with Gasteiger partial charge in [-0.2, -0.15) is 5.10 Å². The standard InChI is InChI=1S/C27H38N4O5S/c1-4-36-27(33)24-19-29(18-21-8-6-5-7-9-21)28-25(24)31(26(32)22-12-10-20(2)11-13-22)23-14-16-30(17-15-23)37(3,34)35/h5-9,19-20,22-23H,4,10-18H2,1-3H3. The summed E-state index contributed by atoms with van der Waals surface area (Å²) in [5.41, 5.74) is 1.29. The molecule has 1 aliphatic heterocycles. The molecule has 0 atom stereocenters. The monoisotopic (exact) mass is 530 g/mol. The summed E-state index contributed by atoms with van der Waals surface area (Å²) in [6.07, 6.45) is 7.43. The number of aromatic nitrogens is 2. The van der Waals surface area contributed by atoms with Crippen molar-refractivity contribution in [2.45, 2.75) is 65.0 Å². The molecule has 0 bridgehead atoms. The van der Waals surface area contributed by atoms with E-state index in [1.807, 2.05) is 30.3 Å². The Hall–Kier alpha value is -2.72. The van der Waals surface area contributed by atoms with Crippen LogP contribution in [0.25, 0.3) is 0 Å². The van der Waals surface area contributed by atoms with E-state index in [1.54, 1.807) is 22.7 Å². The molecule has 0 spiro atoms. The molecular formula is C27H38N4O5S. The van der Waals surface area contributed by atoms with Crippen LogP contribution in [0.15, 0.2) is 36.5 Å². The minimum atomic E-state index is -3.31. The van der Waals surface area contributed by atoms with Gasteiger partial charge in [0.25, 0.3) is 0 Å². The first kappa shape index (κ1) is 27.3. The lowest BCUT2D eigenvalue weighted by Crippen LogP contribution is -2.51. The Balaban J connectivity index is 1.70.